The van der Waals surface area contributed by atoms with Gasteiger partial charge in [-0.05, 0) is 23.3 Å². The van der Waals surface area contributed by atoms with Crippen molar-refractivity contribution in [3.8, 4) is 0 Å². The maximum Gasteiger partial charge on any atom is 0.246 e. The Balaban J connectivity index is 1.99. The van der Waals surface area contributed by atoms with Gasteiger partial charge in [0.15, 0.2) is 0 Å². The van der Waals surface area contributed by atoms with E-state index in [4.69, 9.17) is 0 Å². The van der Waals surface area contributed by atoms with Gasteiger partial charge in [0, 0.05) is 13.1 Å². The number of benzene rings is 3. The monoisotopic (exact) mass is 355 g/mol. The Morgan fingerprint density at radius 3 is 1.60 bits per heavy atom. The Hall–Kier alpha value is -2.50. The number of nitrogens with zero attached hydrogens (tertiary/aromatic N) is 1. The second-order valence-electron chi connectivity index (χ2n) is 5.67. The van der Waals surface area contributed by atoms with Crippen LogP contribution in [0, 0.1) is 5.82 Å². The highest BCUT2D eigenvalue weighted by atomic mass is 32.2. The van der Waals surface area contributed by atoms with Crippen molar-refractivity contribution in [2.24, 2.45) is 0 Å². The van der Waals surface area contributed by atoms with Crippen LogP contribution in [0.1, 0.15) is 11.1 Å². The molecule has 0 atom stereocenters. The van der Waals surface area contributed by atoms with Crippen LogP contribution >= 0.6 is 0 Å². The second kappa shape index (κ2) is 7.59. The molecule has 0 aliphatic carbocycles. The van der Waals surface area contributed by atoms with Gasteiger partial charge >= 0.3 is 0 Å². The number of rotatable bonds is 6. The standard InChI is InChI=1S/C20H18FNO2S/c21-19-13-7-8-14-20(19)25(23,24)22(15-17-9-3-1-4-10-17)16-18-11-5-2-6-12-18/h1-14H,15-16H2. The molecule has 0 bridgehead atoms. The van der Waals surface area contributed by atoms with Gasteiger partial charge < -0.3 is 0 Å². The van der Waals surface area contributed by atoms with Gasteiger partial charge in [0.1, 0.15) is 10.7 Å². The molecule has 0 heterocycles. The Morgan fingerprint density at radius 2 is 1.12 bits per heavy atom. The summed E-state index contributed by atoms with van der Waals surface area (Å²) < 4.78 is 41.5. The molecule has 3 aromatic carbocycles. The third kappa shape index (κ3) is 4.13. The van der Waals surface area contributed by atoms with Crippen molar-refractivity contribution in [1.29, 1.82) is 0 Å². The molecular weight excluding hydrogens is 337 g/mol. The molecule has 3 rings (SSSR count). The summed E-state index contributed by atoms with van der Waals surface area (Å²) in [6.45, 7) is 0.346. The molecular formula is C20H18FNO2S. The molecule has 3 aromatic rings. The van der Waals surface area contributed by atoms with Crippen LogP contribution in [0.2, 0.25) is 0 Å². The Bertz CT molecular complexity index is 887. The molecule has 0 radical (unpaired) electrons. The highest BCUT2D eigenvalue weighted by Gasteiger charge is 2.27. The average Bonchev–Trinajstić information content (AvgIpc) is 2.63. The second-order valence-corrected chi connectivity index (χ2v) is 7.58. The van der Waals surface area contributed by atoms with Gasteiger partial charge in [-0.1, -0.05) is 72.8 Å². The summed E-state index contributed by atoms with van der Waals surface area (Å²) in [6.07, 6.45) is 0. The zero-order valence-electron chi connectivity index (χ0n) is 13.5. The van der Waals surface area contributed by atoms with E-state index >= 15 is 0 Å². The molecule has 0 spiro atoms. The van der Waals surface area contributed by atoms with Crippen LogP contribution in [0.15, 0.2) is 89.8 Å². The first-order chi connectivity index (χ1) is 12.1. The third-order valence-corrected chi connectivity index (χ3v) is 5.68. The Labute approximate surface area is 147 Å². The SMILES string of the molecule is O=S(=O)(c1ccccc1F)N(Cc1ccccc1)Cc1ccccc1. The molecule has 0 fully saturated rings. The molecule has 0 aromatic heterocycles. The smallest absolute Gasteiger partial charge is 0.207 e. The van der Waals surface area contributed by atoms with Gasteiger partial charge in [-0.3, -0.25) is 0 Å². The lowest BCUT2D eigenvalue weighted by atomic mass is 10.2. The van der Waals surface area contributed by atoms with Crippen LogP contribution in [0.25, 0.3) is 0 Å². The number of halogens is 1. The van der Waals surface area contributed by atoms with E-state index in [9.17, 15) is 12.8 Å². The van der Waals surface area contributed by atoms with Crippen LogP contribution in [0.3, 0.4) is 0 Å². The van der Waals surface area contributed by atoms with Crippen molar-refractivity contribution >= 4 is 10.0 Å². The average molecular weight is 355 g/mol. The zero-order valence-corrected chi connectivity index (χ0v) is 14.4. The molecule has 25 heavy (non-hydrogen) atoms. The van der Waals surface area contributed by atoms with Gasteiger partial charge in [0.25, 0.3) is 0 Å². The fourth-order valence-electron chi connectivity index (χ4n) is 2.59. The topological polar surface area (TPSA) is 37.4 Å². The molecule has 0 saturated carbocycles. The van der Waals surface area contributed by atoms with Gasteiger partial charge in [0.2, 0.25) is 10.0 Å². The first-order valence-corrected chi connectivity index (χ1v) is 9.34. The summed E-state index contributed by atoms with van der Waals surface area (Å²) in [6, 6.07) is 24.0. The quantitative estimate of drug-likeness (QED) is 0.664. The molecule has 3 nitrogen and oxygen atoms in total. The molecule has 0 amide bonds. The highest BCUT2D eigenvalue weighted by molar-refractivity contribution is 7.89. The molecule has 0 aliphatic heterocycles. The van der Waals surface area contributed by atoms with E-state index in [0.29, 0.717) is 0 Å². The molecule has 0 N–H and O–H groups in total. The van der Waals surface area contributed by atoms with Gasteiger partial charge in [0.05, 0.1) is 0 Å². The van der Waals surface area contributed by atoms with Crippen LogP contribution in [0.5, 0.6) is 0 Å². The van der Waals surface area contributed by atoms with E-state index in [1.807, 2.05) is 60.7 Å². The van der Waals surface area contributed by atoms with E-state index in [1.165, 1.54) is 22.5 Å². The maximum absolute atomic E-state index is 14.1. The van der Waals surface area contributed by atoms with E-state index < -0.39 is 15.8 Å². The van der Waals surface area contributed by atoms with Crippen molar-refractivity contribution in [2.45, 2.75) is 18.0 Å². The maximum atomic E-state index is 14.1. The lowest BCUT2D eigenvalue weighted by Crippen LogP contribution is -2.30. The Kier molecular flexibility index (Phi) is 5.26. The van der Waals surface area contributed by atoms with E-state index in [2.05, 4.69) is 0 Å². The first kappa shape index (κ1) is 17.3. The van der Waals surface area contributed by atoms with Gasteiger partial charge in [-0.25, -0.2) is 12.8 Å². The fourth-order valence-corrected chi connectivity index (χ4v) is 4.07. The van der Waals surface area contributed by atoms with Crippen molar-refractivity contribution < 1.29 is 12.8 Å². The van der Waals surface area contributed by atoms with Crippen molar-refractivity contribution in [2.75, 3.05) is 0 Å². The largest absolute Gasteiger partial charge is 0.246 e. The summed E-state index contributed by atoms with van der Waals surface area (Å²) in [5, 5.41) is 0. The van der Waals surface area contributed by atoms with E-state index in [1.54, 1.807) is 0 Å². The molecule has 0 aliphatic rings. The minimum Gasteiger partial charge on any atom is -0.207 e. The number of sulfonamides is 1. The summed E-state index contributed by atoms with van der Waals surface area (Å²) in [4.78, 5) is -0.304. The van der Waals surface area contributed by atoms with Crippen LogP contribution < -0.4 is 0 Å². The first-order valence-electron chi connectivity index (χ1n) is 7.90. The summed E-state index contributed by atoms with van der Waals surface area (Å²) in [7, 11) is -3.97. The predicted molar refractivity (Wildman–Crippen MR) is 95.7 cm³/mol. The molecule has 5 heteroatoms. The minimum absolute atomic E-state index is 0.173. The van der Waals surface area contributed by atoms with Gasteiger partial charge in [-0.15, -0.1) is 0 Å². The lowest BCUT2D eigenvalue weighted by Gasteiger charge is -2.23. The fraction of sp³-hybridized carbons (Fsp3) is 0.100. The van der Waals surface area contributed by atoms with Crippen molar-refractivity contribution in [3.05, 3.63) is 102 Å². The van der Waals surface area contributed by atoms with Crippen molar-refractivity contribution in [3.63, 3.8) is 0 Å². The lowest BCUT2D eigenvalue weighted by molar-refractivity contribution is 0.397. The zero-order chi connectivity index (χ0) is 17.7. The highest BCUT2D eigenvalue weighted by Crippen LogP contribution is 2.23. The summed E-state index contributed by atoms with van der Waals surface area (Å²) >= 11 is 0. The van der Waals surface area contributed by atoms with Crippen molar-refractivity contribution in [1.82, 2.24) is 4.31 Å². The molecule has 128 valence electrons. The normalized spacial score (nSPS) is 11.6. The van der Waals surface area contributed by atoms with E-state index in [0.717, 1.165) is 17.2 Å². The Morgan fingerprint density at radius 1 is 0.680 bits per heavy atom. The summed E-state index contributed by atoms with van der Waals surface area (Å²) in [5.41, 5.74) is 1.69. The summed E-state index contributed by atoms with van der Waals surface area (Å²) in [5.74, 6) is -0.742. The van der Waals surface area contributed by atoms with Crippen LogP contribution in [-0.4, -0.2) is 12.7 Å². The van der Waals surface area contributed by atoms with Gasteiger partial charge in [-0.2, -0.15) is 4.31 Å². The van der Waals surface area contributed by atoms with Crippen LogP contribution in [0.4, 0.5) is 4.39 Å². The minimum atomic E-state index is -3.97. The third-order valence-electron chi connectivity index (χ3n) is 3.86. The van der Waals surface area contributed by atoms with Crippen LogP contribution in [-0.2, 0) is 23.1 Å². The molecule has 0 saturated heterocycles. The van der Waals surface area contributed by atoms with E-state index in [-0.39, 0.29) is 18.0 Å². The number of hydrogen-bond donors (Lipinski definition) is 0. The molecule has 0 unspecified atom stereocenters. The number of hydrogen-bond acceptors (Lipinski definition) is 2. The predicted octanol–water partition coefficient (Wildman–Crippen LogP) is 4.22.